The van der Waals surface area contributed by atoms with Crippen molar-refractivity contribution in [3.05, 3.63) is 35.9 Å². The molecular weight excluding hydrogens is 366 g/mol. The van der Waals surface area contributed by atoms with Gasteiger partial charge in [-0.05, 0) is 37.7 Å². The maximum atomic E-state index is 12.4. The number of morpholine rings is 1. The number of carbonyl (C=O) groups excluding carboxylic acids is 2. The first-order chi connectivity index (χ1) is 14.2. The molecule has 0 unspecified atom stereocenters. The smallest absolute Gasteiger partial charge is 0.248 e. The second kappa shape index (κ2) is 9.72. The normalized spacial score (nSPS) is 24.3. The molecule has 2 aliphatic heterocycles. The Labute approximate surface area is 173 Å². The van der Waals surface area contributed by atoms with Crippen LogP contribution in [0.15, 0.2) is 30.3 Å². The van der Waals surface area contributed by atoms with Gasteiger partial charge in [-0.25, -0.2) is 0 Å². The molecule has 4 rings (SSSR count). The average Bonchev–Trinajstić information content (AvgIpc) is 2.72. The highest BCUT2D eigenvalue weighted by molar-refractivity contribution is 5.79. The molecule has 1 aromatic rings. The van der Waals surface area contributed by atoms with Gasteiger partial charge >= 0.3 is 0 Å². The van der Waals surface area contributed by atoms with Crippen molar-refractivity contribution in [3.8, 4) is 0 Å². The van der Waals surface area contributed by atoms with Gasteiger partial charge in [-0.3, -0.25) is 9.59 Å². The van der Waals surface area contributed by atoms with Crippen molar-refractivity contribution >= 4 is 11.8 Å². The molecular formula is C23H33N3O3. The van der Waals surface area contributed by atoms with Gasteiger partial charge in [0.2, 0.25) is 11.8 Å². The van der Waals surface area contributed by atoms with Gasteiger partial charge in [0.05, 0.1) is 6.10 Å². The van der Waals surface area contributed by atoms with Gasteiger partial charge < -0.3 is 19.9 Å². The third-order valence-electron chi connectivity index (χ3n) is 6.70. The molecule has 0 aromatic heterocycles. The Bertz CT molecular complexity index is 684. The van der Waals surface area contributed by atoms with Crippen LogP contribution in [0, 0.1) is 0 Å². The molecule has 0 bridgehead atoms. The summed E-state index contributed by atoms with van der Waals surface area (Å²) in [6, 6.07) is 11.1. The third-order valence-corrected chi connectivity index (χ3v) is 6.70. The van der Waals surface area contributed by atoms with Crippen molar-refractivity contribution in [2.45, 2.75) is 63.1 Å². The lowest BCUT2D eigenvalue weighted by molar-refractivity contribution is -0.153. The molecule has 29 heavy (non-hydrogen) atoms. The lowest BCUT2D eigenvalue weighted by atomic mass is 9.89. The monoisotopic (exact) mass is 399 g/mol. The van der Waals surface area contributed by atoms with Crippen LogP contribution in [-0.2, 0) is 20.7 Å². The van der Waals surface area contributed by atoms with Crippen molar-refractivity contribution < 1.29 is 14.3 Å². The van der Waals surface area contributed by atoms with E-state index >= 15 is 0 Å². The third kappa shape index (κ3) is 5.37. The summed E-state index contributed by atoms with van der Waals surface area (Å²) >= 11 is 0. The molecule has 0 radical (unpaired) electrons. The minimum Gasteiger partial charge on any atom is -0.365 e. The SMILES string of the molecule is O=C(CCc1ccccc1)NC[C@H]1CN(C2CCN(C3CCC3)CC2)C(=O)CO1. The number of likely N-dealkylation sites (tertiary alicyclic amines) is 1. The van der Waals surface area contributed by atoms with Gasteiger partial charge in [0, 0.05) is 44.7 Å². The Morgan fingerprint density at radius 3 is 2.52 bits per heavy atom. The molecule has 6 nitrogen and oxygen atoms in total. The summed E-state index contributed by atoms with van der Waals surface area (Å²) in [7, 11) is 0. The molecule has 1 saturated carbocycles. The van der Waals surface area contributed by atoms with Crippen LogP contribution in [0.25, 0.3) is 0 Å². The van der Waals surface area contributed by atoms with Crippen molar-refractivity contribution in [1.29, 1.82) is 0 Å². The minimum atomic E-state index is -0.113. The van der Waals surface area contributed by atoms with Crippen molar-refractivity contribution in [2.24, 2.45) is 0 Å². The van der Waals surface area contributed by atoms with E-state index in [9.17, 15) is 9.59 Å². The first kappa shape index (κ1) is 20.4. The van der Waals surface area contributed by atoms with Crippen LogP contribution in [-0.4, -0.2) is 72.6 Å². The largest absolute Gasteiger partial charge is 0.365 e. The fourth-order valence-electron chi connectivity index (χ4n) is 4.66. The first-order valence-electron chi connectivity index (χ1n) is 11.1. The summed E-state index contributed by atoms with van der Waals surface area (Å²) < 4.78 is 5.69. The fraction of sp³-hybridized carbons (Fsp3) is 0.652. The molecule has 1 N–H and O–H groups in total. The maximum absolute atomic E-state index is 12.4. The van der Waals surface area contributed by atoms with Gasteiger partial charge in [0.15, 0.2) is 0 Å². The number of nitrogens with zero attached hydrogens (tertiary/aromatic N) is 2. The first-order valence-corrected chi connectivity index (χ1v) is 11.1. The number of ether oxygens (including phenoxy) is 1. The summed E-state index contributed by atoms with van der Waals surface area (Å²) in [5, 5.41) is 2.99. The summed E-state index contributed by atoms with van der Waals surface area (Å²) in [5.41, 5.74) is 1.17. The van der Waals surface area contributed by atoms with Crippen LogP contribution < -0.4 is 5.32 Å². The number of nitrogens with one attached hydrogen (secondary N) is 1. The predicted molar refractivity (Wildman–Crippen MR) is 111 cm³/mol. The van der Waals surface area contributed by atoms with E-state index in [0.717, 1.165) is 38.4 Å². The van der Waals surface area contributed by atoms with E-state index in [0.29, 0.717) is 25.6 Å². The zero-order chi connectivity index (χ0) is 20.1. The summed E-state index contributed by atoms with van der Waals surface area (Å²) in [6.45, 7) is 3.39. The molecule has 0 spiro atoms. The molecule has 3 fully saturated rings. The second-order valence-corrected chi connectivity index (χ2v) is 8.62. The highest BCUT2D eigenvalue weighted by Crippen LogP contribution is 2.29. The van der Waals surface area contributed by atoms with Crippen molar-refractivity contribution in [2.75, 3.05) is 32.8 Å². The molecule has 3 aliphatic rings. The van der Waals surface area contributed by atoms with Gasteiger partial charge in [-0.2, -0.15) is 0 Å². The molecule has 1 atom stereocenters. The number of aryl methyl sites for hydroxylation is 1. The number of carbonyl (C=O) groups is 2. The maximum Gasteiger partial charge on any atom is 0.248 e. The molecule has 1 aliphatic carbocycles. The van der Waals surface area contributed by atoms with Gasteiger partial charge in [-0.1, -0.05) is 36.8 Å². The van der Waals surface area contributed by atoms with E-state index in [2.05, 4.69) is 10.2 Å². The quantitative estimate of drug-likeness (QED) is 0.762. The molecule has 158 valence electrons. The van der Waals surface area contributed by atoms with E-state index in [1.165, 1.54) is 24.8 Å². The standard InChI is InChI=1S/C23H33N3O3/c27-22(10-9-18-5-2-1-3-6-18)24-15-21-16-26(23(28)17-29-21)20-11-13-25(14-12-20)19-7-4-8-19/h1-3,5-6,19-21H,4,7-17H2,(H,24,27)/t21-/m0/s1. The topological polar surface area (TPSA) is 61.9 Å². The van der Waals surface area contributed by atoms with E-state index in [4.69, 9.17) is 4.74 Å². The van der Waals surface area contributed by atoms with Crippen LogP contribution in [0.5, 0.6) is 0 Å². The van der Waals surface area contributed by atoms with Crippen molar-refractivity contribution in [3.63, 3.8) is 0 Å². The number of hydrogen-bond donors (Lipinski definition) is 1. The van der Waals surface area contributed by atoms with Crippen LogP contribution >= 0.6 is 0 Å². The van der Waals surface area contributed by atoms with E-state index in [1.54, 1.807) is 0 Å². The zero-order valence-electron chi connectivity index (χ0n) is 17.2. The molecule has 2 heterocycles. The lowest BCUT2D eigenvalue weighted by Gasteiger charge is -2.45. The number of hydrogen-bond acceptors (Lipinski definition) is 4. The number of amides is 2. The van der Waals surface area contributed by atoms with Gasteiger partial charge in [-0.15, -0.1) is 0 Å². The highest BCUT2D eigenvalue weighted by Gasteiger charge is 2.35. The highest BCUT2D eigenvalue weighted by atomic mass is 16.5. The summed E-state index contributed by atoms with van der Waals surface area (Å²) in [4.78, 5) is 29.2. The summed E-state index contributed by atoms with van der Waals surface area (Å²) in [6.07, 6.45) is 7.25. The van der Waals surface area contributed by atoms with Gasteiger partial charge in [0.1, 0.15) is 6.61 Å². The Morgan fingerprint density at radius 2 is 1.83 bits per heavy atom. The Balaban J connectivity index is 1.19. The second-order valence-electron chi connectivity index (χ2n) is 8.62. The van der Waals surface area contributed by atoms with Crippen LogP contribution in [0.1, 0.15) is 44.1 Å². The van der Waals surface area contributed by atoms with E-state index < -0.39 is 0 Å². The summed E-state index contributed by atoms with van der Waals surface area (Å²) in [5.74, 6) is 0.133. The van der Waals surface area contributed by atoms with E-state index in [1.807, 2.05) is 35.2 Å². The number of benzene rings is 1. The number of piperidine rings is 1. The van der Waals surface area contributed by atoms with Crippen molar-refractivity contribution in [1.82, 2.24) is 15.1 Å². The lowest BCUT2D eigenvalue weighted by Crippen LogP contribution is -2.57. The average molecular weight is 400 g/mol. The molecule has 2 amide bonds. The molecule has 1 aromatic carbocycles. The molecule has 6 heteroatoms. The minimum absolute atomic E-state index is 0.0368. The predicted octanol–water partition coefficient (Wildman–Crippen LogP) is 1.98. The van der Waals surface area contributed by atoms with Crippen LogP contribution in [0.2, 0.25) is 0 Å². The Kier molecular flexibility index (Phi) is 6.82. The number of rotatable bonds is 7. The Hall–Kier alpha value is -1.92. The van der Waals surface area contributed by atoms with Crippen LogP contribution in [0.3, 0.4) is 0 Å². The Morgan fingerprint density at radius 1 is 1.07 bits per heavy atom. The van der Waals surface area contributed by atoms with Crippen LogP contribution in [0.4, 0.5) is 0 Å². The van der Waals surface area contributed by atoms with Gasteiger partial charge in [0.25, 0.3) is 0 Å². The van der Waals surface area contributed by atoms with E-state index in [-0.39, 0.29) is 24.5 Å². The molecule has 2 saturated heterocycles. The zero-order valence-corrected chi connectivity index (χ0v) is 17.2. The fourth-order valence-corrected chi connectivity index (χ4v) is 4.66.